The lowest BCUT2D eigenvalue weighted by molar-refractivity contribution is -0.385. The number of nitro groups is 1. The molecule has 2 N–H and O–H groups in total. The van der Waals surface area contributed by atoms with Crippen LogP contribution < -0.4 is 15.2 Å². The van der Waals surface area contributed by atoms with Gasteiger partial charge >= 0.3 is 0 Å². The van der Waals surface area contributed by atoms with Crippen LogP contribution in [0.4, 0.5) is 5.69 Å². The van der Waals surface area contributed by atoms with E-state index < -0.39 is 4.92 Å². The second-order valence-corrected chi connectivity index (χ2v) is 4.15. The molecular formula is C13H20N2O4. The van der Waals surface area contributed by atoms with Crippen LogP contribution >= 0.6 is 0 Å². The van der Waals surface area contributed by atoms with Gasteiger partial charge in [-0.1, -0.05) is 19.8 Å². The van der Waals surface area contributed by atoms with Crippen LogP contribution in [-0.4, -0.2) is 18.6 Å². The first-order chi connectivity index (χ1) is 9.13. The number of hydrogen-bond acceptors (Lipinski definition) is 5. The predicted octanol–water partition coefficient (Wildman–Crippen LogP) is 2.63. The van der Waals surface area contributed by atoms with Crippen LogP contribution in [0.1, 0.15) is 31.7 Å². The molecule has 0 heterocycles. The molecule has 0 saturated heterocycles. The van der Waals surface area contributed by atoms with Crippen LogP contribution in [0.2, 0.25) is 0 Å². The third kappa shape index (κ3) is 4.10. The zero-order valence-corrected chi connectivity index (χ0v) is 11.3. The standard InChI is InChI=1S/C13H20N2O4/c1-3-4-5-6-19-13-8-11(15(16)17)10(9-14)7-12(13)18-2/h7-8H,3-6,9,14H2,1-2H3. The van der Waals surface area contributed by atoms with Gasteiger partial charge in [-0.05, 0) is 12.5 Å². The lowest BCUT2D eigenvalue weighted by Gasteiger charge is -2.12. The van der Waals surface area contributed by atoms with Crippen molar-refractivity contribution in [1.29, 1.82) is 0 Å². The summed E-state index contributed by atoms with van der Waals surface area (Å²) in [6.45, 7) is 2.70. The SMILES string of the molecule is CCCCCOc1cc([N+](=O)[O-])c(CN)cc1OC. The van der Waals surface area contributed by atoms with E-state index in [2.05, 4.69) is 6.92 Å². The topological polar surface area (TPSA) is 87.6 Å². The van der Waals surface area contributed by atoms with Crippen molar-refractivity contribution in [3.8, 4) is 11.5 Å². The summed E-state index contributed by atoms with van der Waals surface area (Å²) in [6.07, 6.45) is 3.06. The van der Waals surface area contributed by atoms with Gasteiger partial charge in [0.1, 0.15) is 0 Å². The van der Waals surface area contributed by atoms with Gasteiger partial charge in [0.2, 0.25) is 0 Å². The van der Waals surface area contributed by atoms with Crippen LogP contribution in [0, 0.1) is 10.1 Å². The van der Waals surface area contributed by atoms with Crippen molar-refractivity contribution < 1.29 is 14.4 Å². The van der Waals surface area contributed by atoms with E-state index in [1.807, 2.05) is 0 Å². The summed E-state index contributed by atoms with van der Waals surface area (Å²) in [6, 6.07) is 2.94. The maximum absolute atomic E-state index is 11.0. The largest absolute Gasteiger partial charge is 0.493 e. The van der Waals surface area contributed by atoms with Crippen LogP contribution in [0.15, 0.2) is 12.1 Å². The number of ether oxygens (including phenoxy) is 2. The molecule has 0 amide bonds. The number of methoxy groups -OCH3 is 1. The molecule has 6 heteroatoms. The van der Waals surface area contributed by atoms with Gasteiger partial charge in [0.05, 0.1) is 24.7 Å². The molecule has 1 aromatic rings. The van der Waals surface area contributed by atoms with E-state index in [0.717, 1.165) is 19.3 Å². The molecule has 1 aromatic carbocycles. The summed E-state index contributed by atoms with van der Waals surface area (Å²) in [5.74, 6) is 0.866. The molecular weight excluding hydrogens is 248 g/mol. The molecule has 6 nitrogen and oxygen atoms in total. The van der Waals surface area contributed by atoms with Gasteiger partial charge < -0.3 is 15.2 Å². The average molecular weight is 268 g/mol. The number of rotatable bonds is 8. The minimum atomic E-state index is -0.458. The summed E-state index contributed by atoms with van der Waals surface area (Å²) in [7, 11) is 1.50. The fourth-order valence-corrected chi connectivity index (χ4v) is 1.73. The molecule has 19 heavy (non-hydrogen) atoms. The first-order valence-electron chi connectivity index (χ1n) is 6.32. The third-order valence-electron chi connectivity index (χ3n) is 2.79. The molecule has 0 radical (unpaired) electrons. The number of hydrogen-bond donors (Lipinski definition) is 1. The number of benzene rings is 1. The fourth-order valence-electron chi connectivity index (χ4n) is 1.73. The van der Waals surface area contributed by atoms with Gasteiger partial charge in [0.15, 0.2) is 11.5 Å². The molecule has 0 aromatic heterocycles. The van der Waals surface area contributed by atoms with E-state index in [4.69, 9.17) is 15.2 Å². The van der Waals surface area contributed by atoms with E-state index in [1.54, 1.807) is 6.07 Å². The second kappa shape index (κ2) is 7.58. The molecule has 0 fully saturated rings. The van der Waals surface area contributed by atoms with E-state index in [1.165, 1.54) is 13.2 Å². The second-order valence-electron chi connectivity index (χ2n) is 4.15. The number of nitro benzene ring substituents is 1. The van der Waals surface area contributed by atoms with E-state index in [-0.39, 0.29) is 12.2 Å². The zero-order valence-electron chi connectivity index (χ0n) is 11.3. The minimum absolute atomic E-state index is 0.0335. The normalized spacial score (nSPS) is 10.3. The maximum atomic E-state index is 11.0. The molecule has 0 aliphatic heterocycles. The maximum Gasteiger partial charge on any atom is 0.277 e. The van der Waals surface area contributed by atoms with Crippen molar-refractivity contribution in [2.75, 3.05) is 13.7 Å². The quantitative estimate of drug-likeness (QED) is 0.445. The molecule has 0 aliphatic rings. The summed E-state index contributed by atoms with van der Waals surface area (Å²) < 4.78 is 10.7. The zero-order chi connectivity index (χ0) is 14.3. The Morgan fingerprint density at radius 2 is 2.05 bits per heavy atom. The average Bonchev–Trinajstić information content (AvgIpc) is 2.42. The monoisotopic (exact) mass is 268 g/mol. The first-order valence-corrected chi connectivity index (χ1v) is 6.32. The van der Waals surface area contributed by atoms with Gasteiger partial charge in [-0.3, -0.25) is 10.1 Å². The highest BCUT2D eigenvalue weighted by molar-refractivity contribution is 5.54. The van der Waals surface area contributed by atoms with Crippen LogP contribution in [0.3, 0.4) is 0 Å². The summed E-state index contributed by atoms with van der Waals surface area (Å²) in [5.41, 5.74) is 5.90. The molecule has 0 bridgehead atoms. The van der Waals surface area contributed by atoms with E-state index in [0.29, 0.717) is 23.7 Å². The number of unbranched alkanes of at least 4 members (excludes halogenated alkanes) is 2. The fraction of sp³-hybridized carbons (Fsp3) is 0.538. The Bertz CT molecular complexity index is 435. The Kier molecular flexibility index (Phi) is 6.08. The Labute approximate surface area is 112 Å². The summed E-state index contributed by atoms with van der Waals surface area (Å²) in [4.78, 5) is 10.5. The Hall–Kier alpha value is -1.82. The van der Waals surface area contributed by atoms with Crippen molar-refractivity contribution in [2.24, 2.45) is 5.73 Å². The Balaban J connectivity index is 2.94. The lowest BCUT2D eigenvalue weighted by Crippen LogP contribution is -2.05. The van der Waals surface area contributed by atoms with Crippen molar-refractivity contribution in [1.82, 2.24) is 0 Å². The highest BCUT2D eigenvalue weighted by Gasteiger charge is 2.18. The molecule has 0 aliphatic carbocycles. The van der Waals surface area contributed by atoms with Crippen molar-refractivity contribution in [2.45, 2.75) is 32.7 Å². The van der Waals surface area contributed by atoms with Gasteiger partial charge in [0, 0.05) is 12.1 Å². The number of nitrogens with two attached hydrogens (primary N) is 1. The summed E-state index contributed by atoms with van der Waals surface area (Å²) in [5, 5.41) is 11.0. The van der Waals surface area contributed by atoms with E-state index in [9.17, 15) is 10.1 Å². The molecule has 106 valence electrons. The van der Waals surface area contributed by atoms with Crippen LogP contribution in [-0.2, 0) is 6.54 Å². The predicted molar refractivity (Wildman–Crippen MR) is 72.6 cm³/mol. The highest BCUT2D eigenvalue weighted by atomic mass is 16.6. The Morgan fingerprint density at radius 3 is 2.58 bits per heavy atom. The van der Waals surface area contributed by atoms with Gasteiger partial charge in [-0.15, -0.1) is 0 Å². The van der Waals surface area contributed by atoms with Crippen LogP contribution in [0.5, 0.6) is 11.5 Å². The minimum Gasteiger partial charge on any atom is -0.493 e. The van der Waals surface area contributed by atoms with Gasteiger partial charge in [-0.2, -0.15) is 0 Å². The number of nitrogens with zero attached hydrogens (tertiary/aromatic N) is 1. The molecule has 1 rings (SSSR count). The van der Waals surface area contributed by atoms with Crippen molar-refractivity contribution in [3.63, 3.8) is 0 Å². The van der Waals surface area contributed by atoms with Gasteiger partial charge in [-0.25, -0.2) is 0 Å². The smallest absolute Gasteiger partial charge is 0.277 e. The first kappa shape index (κ1) is 15.2. The van der Waals surface area contributed by atoms with Gasteiger partial charge in [0.25, 0.3) is 5.69 Å². The molecule has 0 atom stereocenters. The molecule has 0 saturated carbocycles. The van der Waals surface area contributed by atoms with Crippen LogP contribution in [0.25, 0.3) is 0 Å². The third-order valence-corrected chi connectivity index (χ3v) is 2.79. The molecule has 0 unspecified atom stereocenters. The highest BCUT2D eigenvalue weighted by Crippen LogP contribution is 2.34. The van der Waals surface area contributed by atoms with Crippen molar-refractivity contribution in [3.05, 3.63) is 27.8 Å². The van der Waals surface area contributed by atoms with Crippen molar-refractivity contribution >= 4 is 5.69 Å². The Morgan fingerprint density at radius 1 is 1.32 bits per heavy atom. The van der Waals surface area contributed by atoms with E-state index >= 15 is 0 Å². The molecule has 0 spiro atoms. The summed E-state index contributed by atoms with van der Waals surface area (Å²) >= 11 is 0. The lowest BCUT2D eigenvalue weighted by atomic mass is 10.1.